The predicted octanol–water partition coefficient (Wildman–Crippen LogP) is 3.51. The molecule has 0 saturated heterocycles. The first-order chi connectivity index (χ1) is 8.18. The third-order valence-electron chi connectivity index (χ3n) is 2.22. The van der Waals surface area contributed by atoms with Gasteiger partial charge >= 0.3 is 5.97 Å². The smallest absolute Gasteiger partial charge is 0.337 e. The second-order valence-electron chi connectivity index (χ2n) is 3.36. The average molecular weight is 248 g/mol. The summed E-state index contributed by atoms with van der Waals surface area (Å²) in [6, 6.07) is 9.55. The maximum Gasteiger partial charge on any atom is 0.337 e. The minimum absolute atomic E-state index is 0.102. The molecule has 0 bridgehead atoms. The minimum atomic E-state index is -1.06. The van der Waals surface area contributed by atoms with E-state index in [4.69, 9.17) is 5.11 Å². The molecule has 0 unspecified atom stereocenters. The highest BCUT2D eigenvalue weighted by Crippen LogP contribution is 2.23. The van der Waals surface area contributed by atoms with Crippen LogP contribution >= 0.6 is 11.3 Å². The normalized spacial score (nSPS) is 11.5. The van der Waals surface area contributed by atoms with Crippen LogP contribution in [0.15, 0.2) is 41.8 Å². The molecule has 0 amide bonds. The average Bonchev–Trinajstić information content (AvgIpc) is 2.81. The van der Waals surface area contributed by atoms with E-state index < -0.39 is 11.8 Å². The lowest BCUT2D eigenvalue weighted by Gasteiger charge is -2.00. The summed E-state index contributed by atoms with van der Waals surface area (Å²) in [6.45, 7) is 0. The van der Waals surface area contributed by atoms with Gasteiger partial charge in [-0.25, -0.2) is 9.18 Å². The molecule has 0 saturated carbocycles. The summed E-state index contributed by atoms with van der Waals surface area (Å²) in [6.07, 6.45) is 1.35. The van der Waals surface area contributed by atoms with Crippen molar-refractivity contribution in [3.8, 4) is 0 Å². The van der Waals surface area contributed by atoms with Gasteiger partial charge in [0.2, 0.25) is 0 Å². The van der Waals surface area contributed by atoms with E-state index >= 15 is 0 Å². The Kier molecular flexibility index (Phi) is 3.35. The van der Waals surface area contributed by atoms with Gasteiger partial charge in [-0.1, -0.05) is 24.3 Å². The molecule has 1 aromatic carbocycles. The van der Waals surface area contributed by atoms with Crippen LogP contribution in [0.4, 0.5) is 4.39 Å². The Balaban J connectivity index is 2.48. The van der Waals surface area contributed by atoms with Gasteiger partial charge in [-0.15, -0.1) is 11.3 Å². The first kappa shape index (κ1) is 11.5. The number of carbonyl (C=O) groups is 1. The molecule has 1 N–H and O–H groups in total. The maximum absolute atomic E-state index is 13.4. The van der Waals surface area contributed by atoms with E-state index in [0.29, 0.717) is 4.88 Å². The molecule has 0 fully saturated rings. The van der Waals surface area contributed by atoms with E-state index in [1.807, 2.05) is 0 Å². The van der Waals surface area contributed by atoms with Crippen LogP contribution in [-0.4, -0.2) is 11.1 Å². The quantitative estimate of drug-likeness (QED) is 0.844. The molecule has 0 aliphatic carbocycles. The zero-order valence-electron chi connectivity index (χ0n) is 8.76. The molecule has 2 nitrogen and oxygen atoms in total. The highest BCUT2D eigenvalue weighted by Gasteiger charge is 2.12. The number of hydrogen-bond donors (Lipinski definition) is 1. The van der Waals surface area contributed by atoms with Crippen molar-refractivity contribution in [1.29, 1.82) is 0 Å². The van der Waals surface area contributed by atoms with E-state index in [1.54, 1.807) is 35.7 Å². The van der Waals surface area contributed by atoms with Crippen LogP contribution in [0.2, 0.25) is 0 Å². The minimum Gasteiger partial charge on any atom is -0.478 e. The number of benzene rings is 1. The van der Waals surface area contributed by atoms with Gasteiger partial charge in [-0.05, 0) is 23.6 Å². The van der Waals surface area contributed by atoms with Gasteiger partial charge in [0, 0.05) is 10.4 Å². The molecule has 1 heterocycles. The van der Waals surface area contributed by atoms with E-state index in [1.165, 1.54) is 23.5 Å². The number of carboxylic acid groups (broad SMARTS) is 1. The van der Waals surface area contributed by atoms with Crippen molar-refractivity contribution in [3.63, 3.8) is 0 Å². The summed E-state index contributed by atoms with van der Waals surface area (Å²) < 4.78 is 13.4. The summed E-state index contributed by atoms with van der Waals surface area (Å²) in [7, 11) is 0. The number of halogens is 1. The Morgan fingerprint density at radius 1 is 1.24 bits per heavy atom. The molecule has 17 heavy (non-hydrogen) atoms. The summed E-state index contributed by atoms with van der Waals surface area (Å²) in [5.41, 5.74) is 0.378. The van der Waals surface area contributed by atoms with Crippen molar-refractivity contribution in [3.05, 3.63) is 58.0 Å². The number of aliphatic carboxylic acids is 1. The molecule has 4 heteroatoms. The zero-order valence-corrected chi connectivity index (χ0v) is 9.58. The van der Waals surface area contributed by atoms with Crippen LogP contribution in [0.25, 0.3) is 11.6 Å². The van der Waals surface area contributed by atoms with Crippen LogP contribution in [0, 0.1) is 5.82 Å². The summed E-state index contributed by atoms with van der Waals surface area (Å²) in [5, 5.41) is 10.9. The lowest BCUT2D eigenvalue weighted by atomic mass is 10.1. The lowest BCUT2D eigenvalue weighted by Crippen LogP contribution is -1.98. The van der Waals surface area contributed by atoms with Gasteiger partial charge in [0.25, 0.3) is 0 Å². The molecule has 2 rings (SSSR count). The molecule has 0 aliphatic heterocycles. The molecular formula is C13H9FO2S. The Labute approximate surface area is 102 Å². The molecule has 0 aliphatic rings. The van der Waals surface area contributed by atoms with Gasteiger partial charge in [0.1, 0.15) is 5.82 Å². The number of thiophene rings is 1. The van der Waals surface area contributed by atoms with Gasteiger partial charge in [-0.2, -0.15) is 0 Å². The topological polar surface area (TPSA) is 37.3 Å². The molecule has 0 spiro atoms. The first-order valence-corrected chi connectivity index (χ1v) is 5.80. The Hall–Kier alpha value is -1.94. The van der Waals surface area contributed by atoms with Crippen molar-refractivity contribution in [2.45, 2.75) is 0 Å². The van der Waals surface area contributed by atoms with Crippen molar-refractivity contribution in [1.82, 2.24) is 0 Å². The molecule has 86 valence electrons. The van der Waals surface area contributed by atoms with E-state index in [9.17, 15) is 9.18 Å². The van der Waals surface area contributed by atoms with Crippen LogP contribution in [0.5, 0.6) is 0 Å². The predicted molar refractivity (Wildman–Crippen MR) is 66.2 cm³/mol. The highest BCUT2D eigenvalue weighted by molar-refractivity contribution is 7.11. The first-order valence-electron chi connectivity index (χ1n) is 4.92. The fraction of sp³-hybridized carbons (Fsp3) is 0. The lowest BCUT2D eigenvalue weighted by molar-refractivity contribution is -0.130. The monoisotopic (exact) mass is 248 g/mol. The third-order valence-corrected chi connectivity index (χ3v) is 3.13. The SMILES string of the molecule is O=C(O)/C(=C/c1ccccc1F)c1cccs1. The van der Waals surface area contributed by atoms with Crippen LogP contribution < -0.4 is 0 Å². The maximum atomic E-state index is 13.4. The van der Waals surface area contributed by atoms with Crippen molar-refractivity contribution in [2.24, 2.45) is 0 Å². The van der Waals surface area contributed by atoms with Crippen molar-refractivity contribution in [2.75, 3.05) is 0 Å². The third kappa shape index (κ3) is 2.60. The summed E-state index contributed by atoms with van der Waals surface area (Å²) in [5.74, 6) is -1.49. The van der Waals surface area contributed by atoms with Crippen LogP contribution in [0.3, 0.4) is 0 Å². The van der Waals surface area contributed by atoms with Gasteiger partial charge in [-0.3, -0.25) is 0 Å². The van der Waals surface area contributed by atoms with E-state index in [2.05, 4.69) is 0 Å². The number of rotatable bonds is 3. The summed E-state index contributed by atoms with van der Waals surface area (Å²) in [4.78, 5) is 11.7. The second kappa shape index (κ2) is 4.93. The molecule has 0 radical (unpaired) electrons. The van der Waals surface area contributed by atoms with Crippen molar-refractivity contribution >= 4 is 29.0 Å². The van der Waals surface area contributed by atoms with Gasteiger partial charge in [0.15, 0.2) is 0 Å². The van der Waals surface area contributed by atoms with Crippen molar-refractivity contribution < 1.29 is 14.3 Å². The Bertz CT molecular complexity index is 559. The Morgan fingerprint density at radius 2 is 2.00 bits per heavy atom. The molecule has 2 aromatic rings. The zero-order chi connectivity index (χ0) is 12.3. The fourth-order valence-electron chi connectivity index (χ4n) is 1.42. The van der Waals surface area contributed by atoms with Crippen LogP contribution in [0.1, 0.15) is 10.4 Å². The fourth-order valence-corrected chi connectivity index (χ4v) is 2.15. The number of carboxylic acids is 1. The molecule has 0 atom stereocenters. The van der Waals surface area contributed by atoms with Crippen LogP contribution in [-0.2, 0) is 4.79 Å². The highest BCUT2D eigenvalue weighted by atomic mass is 32.1. The second-order valence-corrected chi connectivity index (χ2v) is 4.31. The molecule has 1 aromatic heterocycles. The largest absolute Gasteiger partial charge is 0.478 e. The number of hydrogen-bond acceptors (Lipinski definition) is 2. The standard InChI is InChI=1S/C13H9FO2S/c14-11-5-2-1-4-9(11)8-10(13(15)16)12-6-3-7-17-12/h1-8H,(H,15,16)/b10-8+. The van der Waals surface area contributed by atoms with E-state index in [-0.39, 0.29) is 11.1 Å². The summed E-state index contributed by atoms with van der Waals surface area (Å²) >= 11 is 1.31. The molecular weight excluding hydrogens is 239 g/mol. The Morgan fingerprint density at radius 3 is 2.59 bits per heavy atom. The van der Waals surface area contributed by atoms with Gasteiger partial charge < -0.3 is 5.11 Å². The van der Waals surface area contributed by atoms with E-state index in [0.717, 1.165) is 0 Å². The van der Waals surface area contributed by atoms with Gasteiger partial charge in [0.05, 0.1) is 5.57 Å².